The number of thiophene rings is 1. The first kappa shape index (κ1) is 19.7. The van der Waals surface area contributed by atoms with Crippen LogP contribution in [0.1, 0.15) is 50.2 Å². The van der Waals surface area contributed by atoms with E-state index in [-0.39, 0.29) is 23.6 Å². The minimum Gasteiger partial charge on any atom is -0.486 e. The summed E-state index contributed by atoms with van der Waals surface area (Å²) in [7, 11) is 0. The van der Waals surface area contributed by atoms with Gasteiger partial charge in [0.15, 0.2) is 17.3 Å². The third-order valence-electron chi connectivity index (χ3n) is 5.56. The lowest BCUT2D eigenvalue weighted by Crippen LogP contribution is -2.30. The number of likely N-dealkylation sites (tertiary alicyclic amines) is 1. The first-order valence-corrected chi connectivity index (χ1v) is 11.1. The van der Waals surface area contributed by atoms with Gasteiger partial charge in [-0.25, -0.2) is 0 Å². The molecule has 2 aromatic heterocycles. The number of fused-ring (bicyclic) bond motifs is 1. The summed E-state index contributed by atoms with van der Waals surface area (Å²) in [4.78, 5) is 28.2. The molecule has 7 nitrogen and oxygen atoms in total. The van der Waals surface area contributed by atoms with E-state index in [9.17, 15) is 9.59 Å². The van der Waals surface area contributed by atoms with Crippen LogP contribution < -0.4 is 14.8 Å². The van der Waals surface area contributed by atoms with Crippen LogP contribution in [0, 0.1) is 6.92 Å². The largest absolute Gasteiger partial charge is 0.486 e. The molecule has 160 valence electrons. The average molecular weight is 439 g/mol. The van der Waals surface area contributed by atoms with Crippen molar-refractivity contribution in [2.75, 3.05) is 25.1 Å². The summed E-state index contributed by atoms with van der Waals surface area (Å²) in [6.07, 6.45) is 3.30. The molecule has 5 rings (SSSR count). The number of aryl methyl sites for hydroxylation is 1. The summed E-state index contributed by atoms with van der Waals surface area (Å²) in [6, 6.07) is 11.0. The average Bonchev–Trinajstić information content (AvgIpc) is 3.54. The molecule has 2 aliphatic heterocycles. The summed E-state index contributed by atoms with van der Waals surface area (Å²) < 4.78 is 16.5. The van der Waals surface area contributed by atoms with Crippen molar-refractivity contribution < 1.29 is 23.5 Å². The molecule has 2 amide bonds. The Morgan fingerprint density at radius 2 is 1.97 bits per heavy atom. The van der Waals surface area contributed by atoms with E-state index in [0.29, 0.717) is 29.6 Å². The zero-order chi connectivity index (χ0) is 21.4. The second-order valence-corrected chi connectivity index (χ2v) is 8.67. The maximum Gasteiger partial charge on any atom is 0.291 e. The number of hydrogen-bond acceptors (Lipinski definition) is 6. The third kappa shape index (κ3) is 3.79. The number of rotatable bonds is 4. The zero-order valence-corrected chi connectivity index (χ0v) is 17.9. The molecule has 1 aromatic carbocycles. The first-order valence-electron chi connectivity index (χ1n) is 10.3. The van der Waals surface area contributed by atoms with Crippen molar-refractivity contribution in [1.29, 1.82) is 0 Å². The lowest BCUT2D eigenvalue weighted by molar-refractivity contribution is 0.0739. The Labute approximate surface area is 183 Å². The summed E-state index contributed by atoms with van der Waals surface area (Å²) in [6.45, 7) is 3.67. The van der Waals surface area contributed by atoms with Gasteiger partial charge in [-0.3, -0.25) is 9.59 Å². The van der Waals surface area contributed by atoms with Gasteiger partial charge in [-0.15, -0.1) is 11.3 Å². The Kier molecular flexibility index (Phi) is 5.15. The fourth-order valence-corrected chi connectivity index (χ4v) is 5.12. The summed E-state index contributed by atoms with van der Waals surface area (Å²) in [5.41, 5.74) is 1.90. The number of anilines is 1. The van der Waals surface area contributed by atoms with E-state index in [4.69, 9.17) is 13.9 Å². The lowest BCUT2D eigenvalue weighted by atomic mass is 10.0. The number of hydrogen-bond donors (Lipinski definition) is 1. The van der Waals surface area contributed by atoms with Crippen LogP contribution in [0.2, 0.25) is 0 Å². The summed E-state index contributed by atoms with van der Waals surface area (Å²) in [5, 5.41) is 3.44. The monoisotopic (exact) mass is 438 g/mol. The van der Waals surface area contributed by atoms with Crippen LogP contribution in [0.25, 0.3) is 0 Å². The van der Waals surface area contributed by atoms with Crippen molar-refractivity contribution in [3.05, 3.63) is 64.4 Å². The number of carbonyl (C=O) groups is 2. The van der Waals surface area contributed by atoms with Crippen LogP contribution in [-0.4, -0.2) is 36.5 Å². The van der Waals surface area contributed by atoms with Crippen LogP contribution in [0.15, 0.2) is 47.1 Å². The van der Waals surface area contributed by atoms with E-state index in [1.807, 2.05) is 36.1 Å². The Balaban J connectivity index is 1.36. The number of benzene rings is 1. The van der Waals surface area contributed by atoms with Gasteiger partial charge in [0.25, 0.3) is 11.8 Å². The highest BCUT2D eigenvalue weighted by molar-refractivity contribution is 7.18. The maximum atomic E-state index is 13.4. The molecule has 0 radical (unpaired) electrons. The van der Waals surface area contributed by atoms with Gasteiger partial charge in [-0.2, -0.15) is 0 Å². The van der Waals surface area contributed by atoms with Gasteiger partial charge in [0.05, 0.1) is 22.2 Å². The topological polar surface area (TPSA) is 81.0 Å². The Morgan fingerprint density at radius 1 is 1.13 bits per heavy atom. The molecular formula is C23H22N2O5S. The fourth-order valence-electron chi connectivity index (χ4n) is 4.09. The van der Waals surface area contributed by atoms with E-state index in [0.717, 1.165) is 35.5 Å². The molecule has 0 bridgehead atoms. The number of nitrogens with one attached hydrogen (secondary N) is 1. The second-order valence-electron chi connectivity index (χ2n) is 7.61. The normalized spacial score (nSPS) is 17.6. The van der Waals surface area contributed by atoms with Gasteiger partial charge in [-0.05, 0) is 61.2 Å². The molecule has 1 fully saturated rings. The van der Waals surface area contributed by atoms with Crippen molar-refractivity contribution in [2.24, 2.45) is 0 Å². The van der Waals surface area contributed by atoms with E-state index in [1.54, 1.807) is 12.1 Å². The van der Waals surface area contributed by atoms with Crippen LogP contribution in [0.4, 0.5) is 5.00 Å². The number of furan rings is 1. The molecule has 1 saturated heterocycles. The molecule has 4 heterocycles. The quantitative estimate of drug-likeness (QED) is 0.641. The van der Waals surface area contributed by atoms with Crippen molar-refractivity contribution in [3.63, 3.8) is 0 Å². The smallest absolute Gasteiger partial charge is 0.291 e. The summed E-state index contributed by atoms with van der Waals surface area (Å²) in [5.74, 6) is 1.37. The zero-order valence-electron chi connectivity index (χ0n) is 17.1. The lowest BCUT2D eigenvalue weighted by Gasteiger charge is -2.26. The van der Waals surface area contributed by atoms with Crippen molar-refractivity contribution in [2.45, 2.75) is 25.8 Å². The van der Waals surface area contributed by atoms with Gasteiger partial charge >= 0.3 is 0 Å². The standard InChI is InChI=1S/C23H22N2O5S/c1-14-12-20(24-22(26)18-5-3-9-28-18)31-21(14)23(27)25-8-2-4-16(25)15-6-7-17-19(13-15)30-11-10-29-17/h3,5-7,9,12-13,16H,2,4,8,10-11H2,1H3,(H,24,26)/t16-/m0/s1. The molecular weight excluding hydrogens is 416 g/mol. The first-order chi connectivity index (χ1) is 15.1. The van der Waals surface area contributed by atoms with Gasteiger partial charge in [0, 0.05) is 6.54 Å². The number of amides is 2. The van der Waals surface area contributed by atoms with Crippen LogP contribution in [0.5, 0.6) is 11.5 Å². The Morgan fingerprint density at radius 3 is 2.77 bits per heavy atom. The highest BCUT2D eigenvalue weighted by atomic mass is 32.1. The molecule has 0 saturated carbocycles. The van der Waals surface area contributed by atoms with E-state index >= 15 is 0 Å². The Bertz CT molecular complexity index is 1120. The molecule has 0 spiro atoms. The van der Waals surface area contributed by atoms with Crippen LogP contribution >= 0.6 is 11.3 Å². The highest BCUT2D eigenvalue weighted by Crippen LogP contribution is 2.40. The van der Waals surface area contributed by atoms with Crippen molar-refractivity contribution in [3.8, 4) is 11.5 Å². The maximum absolute atomic E-state index is 13.4. The number of ether oxygens (including phenoxy) is 2. The molecule has 0 aliphatic carbocycles. The minimum atomic E-state index is -0.333. The molecule has 2 aliphatic rings. The molecule has 3 aromatic rings. The number of carbonyl (C=O) groups excluding carboxylic acids is 2. The van der Waals surface area contributed by atoms with E-state index < -0.39 is 0 Å². The van der Waals surface area contributed by atoms with E-state index in [1.165, 1.54) is 17.6 Å². The fraction of sp³-hybridized carbons (Fsp3) is 0.304. The van der Waals surface area contributed by atoms with Gasteiger partial charge < -0.3 is 24.1 Å². The molecule has 31 heavy (non-hydrogen) atoms. The van der Waals surface area contributed by atoms with E-state index in [2.05, 4.69) is 5.32 Å². The van der Waals surface area contributed by atoms with Gasteiger partial charge in [-0.1, -0.05) is 6.07 Å². The predicted molar refractivity (Wildman–Crippen MR) is 116 cm³/mol. The molecule has 1 N–H and O–H groups in total. The van der Waals surface area contributed by atoms with Crippen LogP contribution in [-0.2, 0) is 0 Å². The number of nitrogens with zero attached hydrogens (tertiary/aromatic N) is 1. The second kappa shape index (κ2) is 8.11. The van der Waals surface area contributed by atoms with Crippen molar-refractivity contribution in [1.82, 2.24) is 4.90 Å². The van der Waals surface area contributed by atoms with Crippen molar-refractivity contribution >= 4 is 28.2 Å². The SMILES string of the molecule is Cc1cc(NC(=O)c2ccco2)sc1C(=O)N1CCC[C@H]1c1ccc2c(c1)OCCO2. The van der Waals surface area contributed by atoms with Gasteiger partial charge in [0.1, 0.15) is 13.2 Å². The molecule has 0 unspecified atom stereocenters. The molecule has 8 heteroatoms. The highest BCUT2D eigenvalue weighted by Gasteiger charge is 2.33. The predicted octanol–water partition coefficient (Wildman–Crippen LogP) is 4.65. The van der Waals surface area contributed by atoms with Gasteiger partial charge in [0.2, 0.25) is 0 Å². The third-order valence-corrected chi connectivity index (χ3v) is 6.70. The Hall–Kier alpha value is -3.26. The molecule has 1 atom stereocenters. The minimum absolute atomic E-state index is 0.00835. The summed E-state index contributed by atoms with van der Waals surface area (Å²) >= 11 is 1.29. The van der Waals surface area contributed by atoms with Crippen LogP contribution in [0.3, 0.4) is 0 Å².